The van der Waals surface area contributed by atoms with Gasteiger partial charge in [-0.2, -0.15) is 0 Å². The summed E-state index contributed by atoms with van der Waals surface area (Å²) in [4.78, 5) is 7.93. The fourth-order valence-corrected chi connectivity index (χ4v) is 1.06. The van der Waals surface area contributed by atoms with Gasteiger partial charge in [-0.1, -0.05) is 5.16 Å². The highest BCUT2D eigenvalue weighted by molar-refractivity contribution is 5.68. The number of anilines is 1. The summed E-state index contributed by atoms with van der Waals surface area (Å²) >= 11 is 0. The van der Waals surface area contributed by atoms with Crippen molar-refractivity contribution in [2.75, 3.05) is 5.73 Å². The molecular weight excluding hydrogens is 168 g/mol. The maximum atomic E-state index is 5.62. The Morgan fingerprint density at radius 2 is 2.23 bits per heavy atom. The van der Waals surface area contributed by atoms with Crippen LogP contribution < -0.4 is 5.73 Å². The van der Waals surface area contributed by atoms with E-state index >= 15 is 0 Å². The van der Waals surface area contributed by atoms with Crippen LogP contribution in [0, 0.1) is 6.92 Å². The molecule has 0 aliphatic carbocycles. The summed E-state index contributed by atoms with van der Waals surface area (Å²) in [5.74, 6) is 0.500. The van der Waals surface area contributed by atoms with Crippen LogP contribution >= 0.6 is 0 Å². The molecule has 0 radical (unpaired) electrons. The lowest BCUT2D eigenvalue weighted by Crippen LogP contribution is -1.91. The van der Waals surface area contributed by atoms with Crippen LogP contribution in [0.1, 0.15) is 5.56 Å². The average molecular weight is 176 g/mol. The second kappa shape index (κ2) is 2.85. The number of aromatic nitrogens is 3. The number of hydrogen-bond donors (Lipinski definition) is 1. The van der Waals surface area contributed by atoms with Crippen LogP contribution in [0.2, 0.25) is 0 Å². The molecule has 0 saturated heterocycles. The van der Waals surface area contributed by atoms with Gasteiger partial charge < -0.3 is 10.3 Å². The van der Waals surface area contributed by atoms with E-state index in [1.807, 2.05) is 6.92 Å². The first-order valence-electron chi connectivity index (χ1n) is 3.76. The third-order valence-electron chi connectivity index (χ3n) is 1.71. The van der Waals surface area contributed by atoms with E-state index < -0.39 is 0 Å². The van der Waals surface area contributed by atoms with Crippen LogP contribution in [0.3, 0.4) is 0 Å². The third-order valence-corrected chi connectivity index (χ3v) is 1.71. The summed E-state index contributed by atoms with van der Waals surface area (Å²) in [6.45, 7) is 1.89. The second-order valence-electron chi connectivity index (χ2n) is 2.66. The normalized spacial score (nSPS) is 10.2. The van der Waals surface area contributed by atoms with Gasteiger partial charge in [-0.3, -0.25) is 0 Å². The summed E-state index contributed by atoms with van der Waals surface area (Å²) in [7, 11) is 0. The van der Waals surface area contributed by atoms with Gasteiger partial charge in [0.1, 0.15) is 17.7 Å². The zero-order chi connectivity index (χ0) is 9.26. The van der Waals surface area contributed by atoms with E-state index in [1.54, 1.807) is 6.20 Å². The Morgan fingerprint density at radius 3 is 2.85 bits per heavy atom. The molecular formula is C8H8N4O. The first-order chi connectivity index (χ1) is 6.29. The molecule has 0 unspecified atom stereocenters. The predicted molar refractivity (Wildman–Crippen MR) is 46.7 cm³/mol. The zero-order valence-electron chi connectivity index (χ0n) is 7.06. The second-order valence-corrected chi connectivity index (χ2v) is 2.66. The summed E-state index contributed by atoms with van der Waals surface area (Å²) in [5.41, 5.74) is 7.71. The number of nitrogen functional groups attached to an aromatic ring is 1. The van der Waals surface area contributed by atoms with Crippen molar-refractivity contribution in [3.05, 3.63) is 24.3 Å². The summed E-state index contributed by atoms with van der Waals surface area (Å²) in [6.07, 6.45) is 4.60. The Hall–Kier alpha value is -1.91. The van der Waals surface area contributed by atoms with Gasteiger partial charge in [0.2, 0.25) is 5.76 Å². The van der Waals surface area contributed by atoms with Crippen LogP contribution in [0.15, 0.2) is 23.2 Å². The summed E-state index contributed by atoms with van der Waals surface area (Å²) < 4.78 is 4.97. The summed E-state index contributed by atoms with van der Waals surface area (Å²) in [5, 5.41) is 3.58. The molecule has 0 aliphatic rings. The third kappa shape index (κ3) is 1.24. The van der Waals surface area contributed by atoms with Crippen molar-refractivity contribution in [1.29, 1.82) is 0 Å². The maximum Gasteiger partial charge on any atom is 0.208 e. The molecule has 0 aromatic carbocycles. The Bertz CT molecular complexity index is 424. The van der Waals surface area contributed by atoms with Crippen LogP contribution in [-0.4, -0.2) is 15.1 Å². The molecule has 0 spiro atoms. The molecule has 2 N–H and O–H groups in total. The Balaban J connectivity index is 2.59. The van der Waals surface area contributed by atoms with Crippen molar-refractivity contribution in [3.8, 4) is 11.5 Å². The predicted octanol–water partition coefficient (Wildman–Crippen LogP) is 1.02. The van der Waals surface area contributed by atoms with Gasteiger partial charge in [0.15, 0.2) is 0 Å². The number of aryl methyl sites for hydroxylation is 1. The first kappa shape index (κ1) is 7.72. The Labute approximate surface area is 74.6 Å². The van der Waals surface area contributed by atoms with Crippen molar-refractivity contribution in [1.82, 2.24) is 15.1 Å². The van der Waals surface area contributed by atoms with Gasteiger partial charge in [-0.15, -0.1) is 0 Å². The van der Waals surface area contributed by atoms with E-state index in [2.05, 4.69) is 15.1 Å². The lowest BCUT2D eigenvalue weighted by atomic mass is 10.2. The van der Waals surface area contributed by atoms with Crippen LogP contribution in [0.5, 0.6) is 0 Å². The zero-order valence-corrected chi connectivity index (χ0v) is 7.06. The summed E-state index contributed by atoms with van der Waals surface area (Å²) in [6, 6.07) is 0. The smallest absolute Gasteiger partial charge is 0.208 e. The monoisotopic (exact) mass is 176 g/mol. The number of hydrogen-bond acceptors (Lipinski definition) is 5. The minimum atomic E-state index is 0.488. The van der Waals surface area contributed by atoms with E-state index in [-0.39, 0.29) is 0 Å². The van der Waals surface area contributed by atoms with Crippen molar-refractivity contribution in [3.63, 3.8) is 0 Å². The van der Waals surface area contributed by atoms with Crippen molar-refractivity contribution < 1.29 is 4.52 Å². The van der Waals surface area contributed by atoms with Gasteiger partial charge >= 0.3 is 0 Å². The van der Waals surface area contributed by atoms with E-state index in [9.17, 15) is 0 Å². The fourth-order valence-electron chi connectivity index (χ4n) is 1.06. The highest BCUT2D eigenvalue weighted by Gasteiger charge is 2.11. The molecule has 0 atom stereocenters. The molecule has 66 valence electrons. The van der Waals surface area contributed by atoms with E-state index in [4.69, 9.17) is 10.3 Å². The number of nitrogens with zero attached hydrogens (tertiary/aromatic N) is 3. The van der Waals surface area contributed by atoms with Crippen molar-refractivity contribution in [2.45, 2.75) is 6.92 Å². The molecule has 0 saturated carbocycles. The van der Waals surface area contributed by atoms with Crippen LogP contribution in [0.25, 0.3) is 11.5 Å². The van der Waals surface area contributed by atoms with Crippen molar-refractivity contribution >= 4 is 5.69 Å². The van der Waals surface area contributed by atoms with E-state index in [0.717, 1.165) is 5.56 Å². The minimum Gasteiger partial charge on any atom is -0.394 e. The van der Waals surface area contributed by atoms with Gasteiger partial charge in [0, 0.05) is 6.20 Å². The lowest BCUT2D eigenvalue weighted by molar-refractivity contribution is 0.431. The van der Waals surface area contributed by atoms with E-state index in [0.29, 0.717) is 17.1 Å². The molecule has 0 amide bonds. The minimum absolute atomic E-state index is 0.488. The van der Waals surface area contributed by atoms with E-state index in [1.165, 1.54) is 12.5 Å². The first-order valence-corrected chi connectivity index (χ1v) is 3.76. The molecule has 5 nitrogen and oxygen atoms in total. The van der Waals surface area contributed by atoms with Crippen molar-refractivity contribution in [2.24, 2.45) is 0 Å². The Kier molecular flexibility index (Phi) is 1.70. The quantitative estimate of drug-likeness (QED) is 0.701. The lowest BCUT2D eigenvalue weighted by Gasteiger charge is -1.98. The van der Waals surface area contributed by atoms with Gasteiger partial charge in [-0.25, -0.2) is 9.97 Å². The average Bonchev–Trinajstić information content (AvgIpc) is 2.52. The van der Waals surface area contributed by atoms with Gasteiger partial charge in [0.05, 0.1) is 6.20 Å². The van der Waals surface area contributed by atoms with Gasteiger partial charge in [-0.05, 0) is 12.5 Å². The van der Waals surface area contributed by atoms with Gasteiger partial charge in [0.25, 0.3) is 0 Å². The van der Waals surface area contributed by atoms with Crippen LogP contribution in [-0.2, 0) is 0 Å². The molecule has 2 heterocycles. The van der Waals surface area contributed by atoms with Crippen LogP contribution in [0.4, 0.5) is 5.69 Å². The largest absolute Gasteiger partial charge is 0.394 e. The molecule has 2 aromatic rings. The molecule has 13 heavy (non-hydrogen) atoms. The maximum absolute atomic E-state index is 5.62. The molecule has 2 aromatic heterocycles. The highest BCUT2D eigenvalue weighted by atomic mass is 16.5. The molecule has 0 aliphatic heterocycles. The number of rotatable bonds is 1. The topological polar surface area (TPSA) is 77.8 Å². The SMILES string of the molecule is Cc1cncnc1-c1oncc1N. The highest BCUT2D eigenvalue weighted by Crippen LogP contribution is 2.24. The fraction of sp³-hybridized carbons (Fsp3) is 0.125. The Morgan fingerprint density at radius 1 is 1.38 bits per heavy atom. The molecule has 5 heteroatoms. The molecule has 2 rings (SSSR count). The molecule has 0 fully saturated rings. The molecule has 0 bridgehead atoms. The standard InChI is InChI=1S/C8H8N4O/c1-5-2-10-4-11-7(5)8-6(9)3-12-13-8/h2-4H,9H2,1H3. The number of nitrogens with two attached hydrogens (primary N) is 1.